The van der Waals surface area contributed by atoms with Gasteiger partial charge in [-0.3, -0.25) is 0 Å². The van der Waals surface area contributed by atoms with E-state index in [0.717, 1.165) is 0 Å². The van der Waals surface area contributed by atoms with Crippen molar-refractivity contribution in [3.8, 4) is 0 Å². The van der Waals surface area contributed by atoms with Crippen LogP contribution >= 0.6 is 0 Å². The van der Waals surface area contributed by atoms with Gasteiger partial charge in [-0.1, -0.05) is 0 Å². The van der Waals surface area contributed by atoms with Gasteiger partial charge in [0.25, 0.3) is 0 Å². The molecule has 0 aliphatic heterocycles. The van der Waals surface area contributed by atoms with E-state index in [2.05, 4.69) is 10.2 Å². The number of carbonyl (C=O) groups is 1. The number of nitrogens with zero attached hydrogens (tertiary/aromatic N) is 2. The van der Waals surface area contributed by atoms with Crippen molar-refractivity contribution in [1.82, 2.24) is 0 Å². The molecule has 0 unspecified atom stereocenters. The molecule has 0 saturated carbocycles. The van der Waals surface area contributed by atoms with Gasteiger partial charge in [-0.25, -0.2) is 0 Å². The number of aliphatic hydroxyl groups is 1. The van der Waals surface area contributed by atoms with Gasteiger partial charge in [0, 0.05) is 0 Å². The van der Waals surface area contributed by atoms with E-state index in [1.807, 2.05) is 20.8 Å². The molecule has 0 amide bonds. The molecule has 0 rings (SSSR count). The zero-order valence-corrected chi connectivity index (χ0v) is 10.2. The Bertz CT molecular complexity index is 177. The van der Waals surface area contributed by atoms with E-state index in [4.69, 9.17) is 5.11 Å². The predicted molar refractivity (Wildman–Crippen MR) is 57.3 cm³/mol. The smallest absolute Gasteiger partial charge is 0.170 e. The number of Topliss-reactive ketones (excluding diaryl/α,β-unsaturated/α-hetero) is 1. The Kier molecular flexibility index (Phi) is 6.56. The van der Waals surface area contributed by atoms with Crippen LogP contribution < -0.4 is 0 Å². The van der Waals surface area contributed by atoms with Crippen LogP contribution in [0.25, 0.3) is 0 Å². The highest BCUT2D eigenvalue weighted by Crippen LogP contribution is 2.11. The highest BCUT2D eigenvalue weighted by atomic mass is 16.3. The molecule has 0 fully saturated rings. The molecule has 0 aromatic rings. The van der Waals surface area contributed by atoms with Crippen LogP contribution in [-0.4, -0.2) is 22.2 Å². The topological polar surface area (TPSA) is 62.0 Å². The summed E-state index contributed by atoms with van der Waals surface area (Å²) in [5, 5.41) is 16.7. The fourth-order valence-electron chi connectivity index (χ4n) is 0.272. The van der Waals surface area contributed by atoms with Crippen LogP contribution in [0, 0.1) is 0 Å². The van der Waals surface area contributed by atoms with Crippen molar-refractivity contribution < 1.29 is 9.90 Å². The van der Waals surface area contributed by atoms with E-state index in [-0.39, 0.29) is 11.3 Å². The van der Waals surface area contributed by atoms with Gasteiger partial charge in [-0.2, -0.15) is 10.2 Å². The third-order valence-corrected chi connectivity index (χ3v) is 0.595. The predicted octanol–water partition coefficient (Wildman–Crippen LogP) is 2.56. The van der Waals surface area contributed by atoms with Crippen LogP contribution in [0.5, 0.6) is 0 Å². The second-order valence-corrected chi connectivity index (χ2v) is 4.77. The van der Waals surface area contributed by atoms with Crippen LogP contribution in [0.2, 0.25) is 0 Å². The minimum atomic E-state index is -1.03. The normalized spacial score (nSPS) is 12.3. The molecule has 0 heterocycles. The summed E-state index contributed by atoms with van der Waals surface area (Å²) in [5.74, 6) is 0.167. The van der Waals surface area contributed by atoms with Crippen molar-refractivity contribution in [3.05, 3.63) is 0 Å². The Balaban J connectivity index is 0. The van der Waals surface area contributed by atoms with E-state index >= 15 is 0 Å². The molecule has 0 aromatic carbocycles. The second-order valence-electron chi connectivity index (χ2n) is 4.77. The van der Waals surface area contributed by atoms with Crippen LogP contribution in [0.3, 0.4) is 0 Å². The van der Waals surface area contributed by atoms with Crippen molar-refractivity contribution in [3.63, 3.8) is 0 Å². The maximum atomic E-state index is 9.44. The highest BCUT2D eigenvalue weighted by molar-refractivity contribution is 5.72. The van der Waals surface area contributed by atoms with E-state index in [0.29, 0.717) is 0 Å². The van der Waals surface area contributed by atoms with Gasteiger partial charge in [0.05, 0.1) is 5.54 Å². The summed E-state index contributed by atoms with van der Waals surface area (Å²) < 4.78 is 0. The van der Waals surface area contributed by atoms with Gasteiger partial charge in [0.2, 0.25) is 0 Å². The van der Waals surface area contributed by atoms with E-state index in [1.54, 1.807) is 13.8 Å². The molecule has 14 heavy (non-hydrogen) atoms. The maximum Gasteiger partial charge on any atom is 0.170 e. The van der Waals surface area contributed by atoms with Gasteiger partial charge in [-0.05, 0) is 48.5 Å². The highest BCUT2D eigenvalue weighted by Gasteiger charge is 2.13. The summed E-state index contributed by atoms with van der Waals surface area (Å²) in [5.41, 5.74) is -1.23. The molecule has 0 radical (unpaired) electrons. The van der Waals surface area contributed by atoms with Crippen molar-refractivity contribution in [2.75, 3.05) is 0 Å². The quantitative estimate of drug-likeness (QED) is 0.664. The first-order valence-corrected chi connectivity index (χ1v) is 4.57. The zero-order valence-electron chi connectivity index (χ0n) is 10.2. The maximum absolute atomic E-state index is 9.44. The fourth-order valence-corrected chi connectivity index (χ4v) is 0.272. The third kappa shape index (κ3) is 30.3. The first kappa shape index (κ1) is 15.7. The number of hydrogen-bond donors (Lipinski definition) is 1. The molecule has 0 aliphatic rings. The lowest BCUT2D eigenvalue weighted by atomic mass is 10.1. The Morgan fingerprint density at radius 1 is 1.00 bits per heavy atom. The van der Waals surface area contributed by atoms with Crippen molar-refractivity contribution >= 4 is 5.78 Å². The fraction of sp³-hybridized carbons (Fsp3) is 0.900. The Morgan fingerprint density at radius 3 is 1.36 bits per heavy atom. The minimum Gasteiger partial charge on any atom is -0.368 e. The molecule has 0 spiro atoms. The molecule has 0 bridgehead atoms. The number of azo groups is 1. The number of ketones is 1. The Morgan fingerprint density at radius 2 is 1.29 bits per heavy atom. The van der Waals surface area contributed by atoms with Gasteiger partial charge in [0.1, 0.15) is 5.78 Å². The lowest BCUT2D eigenvalue weighted by molar-refractivity contribution is -0.114. The molecular formula is C10H22N2O2. The molecule has 0 atom stereocenters. The molecule has 4 heteroatoms. The summed E-state index contributed by atoms with van der Waals surface area (Å²) in [7, 11) is 0. The standard InChI is InChI=1S/C7H16N2O.C3H6O/c1-6(2,3)8-9-7(4,5)10;1-3(2)4/h10H,1-5H3;1-2H3. The zero-order chi connectivity index (χ0) is 12.0. The van der Waals surface area contributed by atoms with Crippen molar-refractivity contribution in [2.45, 2.75) is 59.7 Å². The SMILES string of the molecule is CC(C)(C)N=NC(C)(C)O.CC(C)=O. The van der Waals surface area contributed by atoms with Crippen molar-refractivity contribution in [1.29, 1.82) is 0 Å². The molecular weight excluding hydrogens is 180 g/mol. The summed E-state index contributed by atoms with van der Waals surface area (Å²) in [6, 6.07) is 0. The summed E-state index contributed by atoms with van der Waals surface area (Å²) in [6.45, 7) is 12.1. The van der Waals surface area contributed by atoms with Crippen LogP contribution in [0.4, 0.5) is 0 Å². The average Bonchev–Trinajstić information content (AvgIpc) is 1.79. The average molecular weight is 202 g/mol. The van der Waals surface area contributed by atoms with E-state index < -0.39 is 5.72 Å². The molecule has 0 saturated heterocycles. The van der Waals surface area contributed by atoms with Gasteiger partial charge < -0.3 is 9.90 Å². The minimum absolute atomic E-state index is 0.167. The second kappa shape index (κ2) is 5.86. The first-order chi connectivity index (χ1) is 5.94. The van der Waals surface area contributed by atoms with E-state index in [1.165, 1.54) is 13.8 Å². The first-order valence-electron chi connectivity index (χ1n) is 4.57. The monoisotopic (exact) mass is 202 g/mol. The number of carbonyl (C=O) groups excluding carboxylic acids is 1. The Hall–Kier alpha value is -0.770. The van der Waals surface area contributed by atoms with Gasteiger partial charge >= 0.3 is 0 Å². The lowest BCUT2D eigenvalue weighted by Gasteiger charge is -2.14. The lowest BCUT2D eigenvalue weighted by Crippen LogP contribution is -2.17. The number of hydrogen-bond acceptors (Lipinski definition) is 4. The summed E-state index contributed by atoms with van der Waals surface area (Å²) in [6.07, 6.45) is 0. The van der Waals surface area contributed by atoms with E-state index in [9.17, 15) is 4.79 Å². The van der Waals surface area contributed by atoms with Crippen LogP contribution in [-0.2, 0) is 4.79 Å². The van der Waals surface area contributed by atoms with Crippen LogP contribution in [0.1, 0.15) is 48.5 Å². The van der Waals surface area contributed by atoms with Gasteiger partial charge in [-0.15, -0.1) is 0 Å². The van der Waals surface area contributed by atoms with Crippen molar-refractivity contribution in [2.24, 2.45) is 10.2 Å². The third-order valence-electron chi connectivity index (χ3n) is 0.595. The summed E-state index contributed by atoms with van der Waals surface area (Å²) >= 11 is 0. The van der Waals surface area contributed by atoms with Gasteiger partial charge in [0.15, 0.2) is 5.72 Å². The molecule has 0 aromatic heterocycles. The number of rotatable bonds is 1. The summed E-state index contributed by atoms with van der Waals surface area (Å²) in [4.78, 5) is 9.44. The molecule has 84 valence electrons. The molecule has 4 nitrogen and oxygen atoms in total. The largest absolute Gasteiger partial charge is 0.368 e. The molecule has 1 N–H and O–H groups in total. The van der Waals surface area contributed by atoms with Crippen LogP contribution in [0.15, 0.2) is 10.2 Å². The Labute approximate surface area is 86.4 Å². The molecule has 0 aliphatic carbocycles.